The van der Waals surface area contributed by atoms with Crippen LogP contribution in [0.5, 0.6) is 0 Å². The van der Waals surface area contributed by atoms with Crippen LogP contribution >= 0.6 is 0 Å². The molecule has 16 heavy (non-hydrogen) atoms. The van der Waals surface area contributed by atoms with E-state index in [9.17, 15) is 10.1 Å². The molecule has 0 aliphatic heterocycles. The summed E-state index contributed by atoms with van der Waals surface area (Å²) in [7, 11) is 0. The van der Waals surface area contributed by atoms with Gasteiger partial charge in [-0.15, -0.1) is 0 Å². The van der Waals surface area contributed by atoms with Gasteiger partial charge in [-0.25, -0.2) is 0 Å². The van der Waals surface area contributed by atoms with Gasteiger partial charge in [-0.2, -0.15) is 0 Å². The molecule has 0 aromatic heterocycles. The standard InChI is InChI=1S/C12H16N2O2/c1-12(2)9(7-13)11(12)8-5-3-4-6-10(8)14(15)16/h3-6,9,11H,7,13H2,1-2H3. The highest BCUT2D eigenvalue weighted by Crippen LogP contribution is 2.65. The zero-order valence-electron chi connectivity index (χ0n) is 9.51. The molecule has 2 unspecified atom stereocenters. The quantitative estimate of drug-likeness (QED) is 0.627. The molecule has 4 nitrogen and oxygen atoms in total. The van der Waals surface area contributed by atoms with Crippen LogP contribution in [0.4, 0.5) is 5.69 Å². The molecule has 0 heterocycles. The lowest BCUT2D eigenvalue weighted by atomic mass is 10.0. The molecule has 4 heteroatoms. The van der Waals surface area contributed by atoms with Crippen molar-refractivity contribution in [2.75, 3.05) is 6.54 Å². The third-order valence-corrected chi connectivity index (χ3v) is 3.77. The molecule has 2 rings (SSSR count). The Hall–Kier alpha value is -1.42. The second-order valence-corrected chi connectivity index (χ2v) is 4.96. The van der Waals surface area contributed by atoms with Crippen molar-refractivity contribution in [3.8, 4) is 0 Å². The minimum Gasteiger partial charge on any atom is -0.330 e. The van der Waals surface area contributed by atoms with Crippen molar-refractivity contribution in [3.05, 3.63) is 39.9 Å². The molecule has 86 valence electrons. The normalized spacial score (nSPS) is 26.4. The maximum absolute atomic E-state index is 10.9. The molecular formula is C12H16N2O2. The molecule has 2 N–H and O–H groups in total. The number of hydrogen-bond donors (Lipinski definition) is 1. The Morgan fingerprint density at radius 3 is 2.56 bits per heavy atom. The van der Waals surface area contributed by atoms with E-state index in [1.165, 1.54) is 0 Å². The minimum atomic E-state index is -0.308. The topological polar surface area (TPSA) is 69.2 Å². The number of nitro groups is 1. The van der Waals surface area contributed by atoms with E-state index in [1.54, 1.807) is 12.1 Å². The summed E-state index contributed by atoms with van der Waals surface area (Å²) < 4.78 is 0. The second-order valence-electron chi connectivity index (χ2n) is 4.96. The minimum absolute atomic E-state index is 0.0842. The largest absolute Gasteiger partial charge is 0.330 e. The van der Waals surface area contributed by atoms with Crippen molar-refractivity contribution in [1.82, 2.24) is 0 Å². The SMILES string of the molecule is CC1(C)C(CN)C1c1ccccc1[N+](=O)[O-]. The Labute approximate surface area is 94.6 Å². The van der Waals surface area contributed by atoms with Crippen molar-refractivity contribution in [2.24, 2.45) is 17.1 Å². The van der Waals surface area contributed by atoms with Crippen molar-refractivity contribution in [3.63, 3.8) is 0 Å². The van der Waals surface area contributed by atoms with E-state index in [1.807, 2.05) is 12.1 Å². The number of benzene rings is 1. The third-order valence-electron chi connectivity index (χ3n) is 3.77. The van der Waals surface area contributed by atoms with Crippen LogP contribution in [-0.4, -0.2) is 11.5 Å². The average molecular weight is 220 g/mol. The van der Waals surface area contributed by atoms with Gasteiger partial charge in [0, 0.05) is 17.5 Å². The molecule has 2 atom stereocenters. The van der Waals surface area contributed by atoms with Crippen LogP contribution in [0.25, 0.3) is 0 Å². The maximum atomic E-state index is 10.9. The second kappa shape index (κ2) is 3.56. The first-order valence-corrected chi connectivity index (χ1v) is 5.43. The number of rotatable bonds is 3. The Morgan fingerprint density at radius 1 is 1.44 bits per heavy atom. The van der Waals surface area contributed by atoms with Crippen molar-refractivity contribution in [1.29, 1.82) is 0 Å². The van der Waals surface area contributed by atoms with Gasteiger partial charge < -0.3 is 5.73 Å². The molecule has 1 aromatic carbocycles. The summed E-state index contributed by atoms with van der Waals surface area (Å²) in [4.78, 5) is 10.6. The summed E-state index contributed by atoms with van der Waals surface area (Å²) in [5.74, 6) is 0.577. The monoisotopic (exact) mass is 220 g/mol. The van der Waals surface area contributed by atoms with Gasteiger partial charge in [-0.3, -0.25) is 10.1 Å². The molecule has 1 saturated carbocycles. The van der Waals surface area contributed by atoms with Gasteiger partial charge in [0.2, 0.25) is 0 Å². The molecule has 0 amide bonds. The summed E-state index contributed by atoms with van der Waals surface area (Å²) in [5, 5.41) is 10.9. The van der Waals surface area contributed by atoms with Crippen LogP contribution in [0.1, 0.15) is 25.3 Å². The van der Waals surface area contributed by atoms with Gasteiger partial charge in [0.05, 0.1) is 4.92 Å². The lowest BCUT2D eigenvalue weighted by Crippen LogP contribution is -2.05. The Balaban J connectivity index is 2.40. The van der Waals surface area contributed by atoms with Crippen LogP contribution in [0.2, 0.25) is 0 Å². The molecular weight excluding hydrogens is 204 g/mol. The fourth-order valence-electron chi connectivity index (χ4n) is 2.72. The maximum Gasteiger partial charge on any atom is 0.272 e. The Morgan fingerprint density at radius 2 is 2.06 bits per heavy atom. The molecule has 1 aliphatic carbocycles. The first-order valence-electron chi connectivity index (χ1n) is 5.43. The van der Waals surface area contributed by atoms with Crippen LogP contribution in [-0.2, 0) is 0 Å². The number of para-hydroxylation sites is 1. The predicted molar refractivity (Wildman–Crippen MR) is 62.2 cm³/mol. The van der Waals surface area contributed by atoms with Gasteiger partial charge in [0.25, 0.3) is 5.69 Å². The van der Waals surface area contributed by atoms with Gasteiger partial charge in [0.15, 0.2) is 0 Å². The van der Waals surface area contributed by atoms with Crippen LogP contribution in [0.3, 0.4) is 0 Å². The van der Waals surface area contributed by atoms with Crippen LogP contribution in [0, 0.1) is 21.4 Å². The number of nitrogens with zero attached hydrogens (tertiary/aromatic N) is 1. The lowest BCUT2D eigenvalue weighted by molar-refractivity contribution is -0.385. The summed E-state index contributed by atoms with van der Waals surface area (Å²) in [5.41, 5.74) is 6.82. The number of nitro benzene ring substituents is 1. The average Bonchev–Trinajstić information content (AvgIpc) is 2.80. The van der Waals surface area contributed by atoms with Gasteiger partial charge in [-0.1, -0.05) is 32.0 Å². The molecule has 1 aromatic rings. The molecule has 1 fully saturated rings. The van der Waals surface area contributed by atoms with E-state index in [-0.39, 0.29) is 21.9 Å². The number of nitrogens with two attached hydrogens (primary N) is 1. The fourth-order valence-corrected chi connectivity index (χ4v) is 2.72. The molecule has 1 aliphatic rings. The van der Waals surface area contributed by atoms with Crippen molar-refractivity contribution >= 4 is 5.69 Å². The highest BCUT2D eigenvalue weighted by molar-refractivity contribution is 5.47. The van der Waals surface area contributed by atoms with E-state index >= 15 is 0 Å². The highest BCUT2D eigenvalue weighted by Gasteiger charge is 2.58. The molecule has 0 radical (unpaired) electrons. The van der Waals surface area contributed by atoms with E-state index < -0.39 is 0 Å². The van der Waals surface area contributed by atoms with E-state index in [4.69, 9.17) is 5.73 Å². The first-order chi connectivity index (χ1) is 7.50. The summed E-state index contributed by atoms with van der Waals surface area (Å²) in [6.45, 7) is 4.82. The fraction of sp³-hybridized carbons (Fsp3) is 0.500. The van der Waals surface area contributed by atoms with E-state index in [0.717, 1.165) is 5.56 Å². The summed E-state index contributed by atoms with van der Waals surface area (Å²) in [6, 6.07) is 6.97. The van der Waals surface area contributed by atoms with Crippen molar-refractivity contribution in [2.45, 2.75) is 19.8 Å². The smallest absolute Gasteiger partial charge is 0.272 e. The first kappa shape index (κ1) is 11.1. The van der Waals surface area contributed by atoms with Crippen LogP contribution < -0.4 is 5.73 Å². The third kappa shape index (κ3) is 1.50. The zero-order valence-corrected chi connectivity index (χ0v) is 9.51. The molecule has 0 saturated heterocycles. The predicted octanol–water partition coefficient (Wildman–Crippen LogP) is 2.29. The Kier molecular flexibility index (Phi) is 2.46. The van der Waals surface area contributed by atoms with Gasteiger partial charge >= 0.3 is 0 Å². The molecule has 0 bridgehead atoms. The summed E-state index contributed by atoms with van der Waals surface area (Å²) >= 11 is 0. The lowest BCUT2D eigenvalue weighted by Gasteiger charge is -2.03. The van der Waals surface area contributed by atoms with E-state index in [2.05, 4.69) is 13.8 Å². The van der Waals surface area contributed by atoms with Gasteiger partial charge in [0.1, 0.15) is 0 Å². The van der Waals surface area contributed by atoms with Crippen LogP contribution in [0.15, 0.2) is 24.3 Å². The zero-order chi connectivity index (χ0) is 11.9. The van der Waals surface area contributed by atoms with Gasteiger partial charge in [-0.05, 0) is 17.9 Å². The Bertz CT molecular complexity index is 429. The van der Waals surface area contributed by atoms with E-state index in [0.29, 0.717) is 12.5 Å². The highest BCUT2D eigenvalue weighted by atomic mass is 16.6. The number of hydrogen-bond acceptors (Lipinski definition) is 3. The summed E-state index contributed by atoms with van der Waals surface area (Å²) in [6.07, 6.45) is 0. The molecule has 0 spiro atoms. The van der Waals surface area contributed by atoms with Crippen molar-refractivity contribution < 1.29 is 4.92 Å².